The normalized spacial score (nSPS) is 16.3. The second-order valence-electron chi connectivity index (χ2n) is 6.89. The molecule has 0 aliphatic carbocycles. The van der Waals surface area contributed by atoms with Gasteiger partial charge in [0.2, 0.25) is 0 Å². The number of likely N-dealkylation sites (N-methyl/N-ethyl adjacent to an activating group) is 1. The fraction of sp³-hybridized carbons (Fsp3) is 0.450. The lowest BCUT2D eigenvalue weighted by Crippen LogP contribution is -3.08. The Hall–Kier alpha value is -1.85. The van der Waals surface area contributed by atoms with Crippen LogP contribution in [-0.2, 0) is 11.3 Å². The van der Waals surface area contributed by atoms with E-state index in [1.165, 1.54) is 41.1 Å². The van der Waals surface area contributed by atoms with Crippen LogP contribution in [0.2, 0.25) is 0 Å². The summed E-state index contributed by atoms with van der Waals surface area (Å²) in [7, 11) is 2.06. The van der Waals surface area contributed by atoms with Gasteiger partial charge in [0.05, 0.1) is 11.9 Å². The summed E-state index contributed by atoms with van der Waals surface area (Å²) in [4.78, 5) is 17.2. The first kappa shape index (κ1) is 18.0. The maximum atomic E-state index is 12.2. The van der Waals surface area contributed by atoms with Crippen molar-refractivity contribution in [3.8, 4) is 0 Å². The standard InChI is InChI=1S/C20H27N3OS/c1-22(15-19-7-6-14-25-19)16-20(24)21-17-8-10-18(11-9-17)23-12-4-2-3-5-13-23/h6-11,14H,2-5,12-13,15-16H2,1H3,(H,21,24)/p+1. The molecule has 25 heavy (non-hydrogen) atoms. The summed E-state index contributed by atoms with van der Waals surface area (Å²) in [6.45, 7) is 3.65. The lowest BCUT2D eigenvalue weighted by Gasteiger charge is -2.22. The molecule has 134 valence electrons. The van der Waals surface area contributed by atoms with Crippen molar-refractivity contribution < 1.29 is 9.69 Å². The molecular weight excluding hydrogens is 330 g/mol. The van der Waals surface area contributed by atoms with E-state index in [1.54, 1.807) is 11.3 Å². The van der Waals surface area contributed by atoms with E-state index in [-0.39, 0.29) is 5.91 Å². The molecule has 4 nitrogen and oxygen atoms in total. The third-order valence-corrected chi connectivity index (χ3v) is 5.52. The van der Waals surface area contributed by atoms with E-state index >= 15 is 0 Å². The maximum absolute atomic E-state index is 12.2. The van der Waals surface area contributed by atoms with Crippen molar-refractivity contribution in [2.75, 3.05) is 36.9 Å². The van der Waals surface area contributed by atoms with Crippen molar-refractivity contribution in [1.82, 2.24) is 0 Å². The summed E-state index contributed by atoms with van der Waals surface area (Å²) >= 11 is 1.74. The first-order valence-corrected chi connectivity index (χ1v) is 10.1. The summed E-state index contributed by atoms with van der Waals surface area (Å²) in [5.41, 5.74) is 2.15. The quantitative estimate of drug-likeness (QED) is 0.833. The van der Waals surface area contributed by atoms with Crippen LogP contribution in [0.4, 0.5) is 11.4 Å². The Labute approximate surface area is 154 Å². The van der Waals surface area contributed by atoms with Gasteiger partial charge in [-0.05, 0) is 48.6 Å². The van der Waals surface area contributed by atoms with Gasteiger partial charge in [-0.3, -0.25) is 4.79 Å². The number of hydrogen-bond donors (Lipinski definition) is 2. The number of quaternary nitrogens is 1. The van der Waals surface area contributed by atoms with Gasteiger partial charge in [-0.2, -0.15) is 0 Å². The smallest absolute Gasteiger partial charge is 0.279 e. The maximum Gasteiger partial charge on any atom is 0.279 e. The molecule has 0 radical (unpaired) electrons. The molecule has 1 unspecified atom stereocenters. The molecule has 2 heterocycles. The van der Waals surface area contributed by atoms with Crippen LogP contribution in [-0.4, -0.2) is 32.6 Å². The lowest BCUT2D eigenvalue weighted by atomic mass is 10.2. The van der Waals surface area contributed by atoms with E-state index < -0.39 is 0 Å². The highest BCUT2D eigenvalue weighted by Gasteiger charge is 2.13. The average molecular weight is 359 g/mol. The molecule has 5 heteroatoms. The molecule has 0 spiro atoms. The van der Waals surface area contributed by atoms with E-state index in [9.17, 15) is 4.79 Å². The third-order valence-electron chi connectivity index (χ3n) is 4.64. The average Bonchev–Trinajstić information content (AvgIpc) is 2.94. The Morgan fingerprint density at radius 3 is 2.48 bits per heavy atom. The predicted octanol–water partition coefficient (Wildman–Crippen LogP) is 2.78. The molecule has 1 aliphatic heterocycles. The summed E-state index contributed by atoms with van der Waals surface area (Å²) in [5, 5.41) is 5.10. The van der Waals surface area contributed by atoms with Crippen molar-refractivity contribution >= 4 is 28.6 Å². The molecule has 0 saturated carbocycles. The van der Waals surface area contributed by atoms with Gasteiger partial charge in [0, 0.05) is 24.5 Å². The van der Waals surface area contributed by atoms with Gasteiger partial charge >= 0.3 is 0 Å². The monoisotopic (exact) mass is 358 g/mol. The molecule has 3 rings (SSSR count). The number of nitrogens with zero attached hydrogens (tertiary/aromatic N) is 1. The van der Waals surface area contributed by atoms with Gasteiger partial charge in [0.1, 0.15) is 6.54 Å². The lowest BCUT2D eigenvalue weighted by molar-refractivity contribution is -0.884. The van der Waals surface area contributed by atoms with Crippen molar-refractivity contribution in [1.29, 1.82) is 0 Å². The Bertz CT molecular complexity index is 646. The van der Waals surface area contributed by atoms with Crippen molar-refractivity contribution in [2.24, 2.45) is 0 Å². The van der Waals surface area contributed by atoms with Gasteiger partial charge in [-0.25, -0.2) is 0 Å². The van der Waals surface area contributed by atoms with E-state index in [0.29, 0.717) is 6.54 Å². The van der Waals surface area contributed by atoms with E-state index in [4.69, 9.17) is 0 Å². The van der Waals surface area contributed by atoms with Crippen molar-refractivity contribution in [2.45, 2.75) is 32.2 Å². The van der Waals surface area contributed by atoms with Crippen LogP contribution in [0.25, 0.3) is 0 Å². The molecule has 0 bridgehead atoms. The topological polar surface area (TPSA) is 36.8 Å². The highest BCUT2D eigenvalue weighted by Crippen LogP contribution is 2.21. The second-order valence-corrected chi connectivity index (χ2v) is 7.92. The van der Waals surface area contributed by atoms with Crippen molar-refractivity contribution in [3.63, 3.8) is 0 Å². The Balaban J connectivity index is 1.49. The Morgan fingerprint density at radius 1 is 1.12 bits per heavy atom. The minimum atomic E-state index is 0.0663. The first-order valence-electron chi connectivity index (χ1n) is 9.19. The van der Waals surface area contributed by atoms with Crippen LogP contribution in [0.5, 0.6) is 0 Å². The van der Waals surface area contributed by atoms with Gasteiger partial charge in [-0.15, -0.1) is 11.3 Å². The first-order chi connectivity index (χ1) is 12.2. The Kier molecular flexibility index (Phi) is 6.48. The number of thiophene rings is 1. The van der Waals surface area contributed by atoms with Gasteiger partial charge in [-0.1, -0.05) is 18.9 Å². The number of rotatable bonds is 6. The van der Waals surface area contributed by atoms with E-state index in [2.05, 4.69) is 46.9 Å². The van der Waals surface area contributed by atoms with Crippen LogP contribution < -0.4 is 15.1 Å². The number of hydrogen-bond acceptors (Lipinski definition) is 3. The second kappa shape index (κ2) is 9.02. The molecule has 1 aromatic heterocycles. The summed E-state index contributed by atoms with van der Waals surface area (Å²) < 4.78 is 0. The molecular formula is C20H28N3OS+. The third kappa shape index (κ3) is 5.58. The van der Waals surface area contributed by atoms with E-state index in [1.807, 2.05) is 12.1 Å². The van der Waals surface area contributed by atoms with Crippen molar-refractivity contribution in [3.05, 3.63) is 46.7 Å². The zero-order chi connectivity index (χ0) is 17.5. The molecule has 1 atom stereocenters. The van der Waals surface area contributed by atoms with Crippen LogP contribution in [0.15, 0.2) is 41.8 Å². The summed E-state index contributed by atoms with van der Waals surface area (Å²) in [5.74, 6) is 0.0663. The molecule has 2 N–H and O–H groups in total. The molecule has 1 saturated heterocycles. The molecule has 1 amide bonds. The fourth-order valence-electron chi connectivity index (χ4n) is 3.34. The van der Waals surface area contributed by atoms with Gasteiger partial charge in [0.25, 0.3) is 5.91 Å². The fourth-order valence-corrected chi connectivity index (χ4v) is 4.16. The zero-order valence-electron chi connectivity index (χ0n) is 15.0. The molecule has 1 fully saturated rings. The number of carbonyl (C=O) groups excluding carboxylic acids is 1. The van der Waals surface area contributed by atoms with Crippen LogP contribution >= 0.6 is 11.3 Å². The van der Waals surface area contributed by atoms with Crippen LogP contribution in [0.1, 0.15) is 30.6 Å². The van der Waals surface area contributed by atoms with E-state index in [0.717, 1.165) is 25.3 Å². The summed E-state index contributed by atoms with van der Waals surface area (Å²) in [6.07, 6.45) is 5.23. The number of carbonyl (C=O) groups is 1. The highest BCUT2D eigenvalue weighted by atomic mass is 32.1. The number of amides is 1. The minimum Gasteiger partial charge on any atom is -0.372 e. The highest BCUT2D eigenvalue weighted by molar-refractivity contribution is 7.09. The number of nitrogens with one attached hydrogen (secondary N) is 2. The summed E-state index contributed by atoms with van der Waals surface area (Å²) in [6, 6.07) is 12.5. The predicted molar refractivity (Wildman–Crippen MR) is 106 cm³/mol. The SMILES string of the molecule is C[NH+](CC(=O)Nc1ccc(N2CCCCCC2)cc1)Cc1cccs1. The van der Waals surface area contributed by atoms with Gasteiger partial charge < -0.3 is 15.1 Å². The molecule has 1 aliphatic rings. The largest absolute Gasteiger partial charge is 0.372 e. The number of anilines is 2. The van der Waals surface area contributed by atoms with Crippen LogP contribution in [0.3, 0.4) is 0 Å². The number of benzene rings is 1. The Morgan fingerprint density at radius 2 is 1.84 bits per heavy atom. The zero-order valence-corrected chi connectivity index (χ0v) is 15.8. The molecule has 1 aromatic carbocycles. The molecule has 2 aromatic rings. The van der Waals surface area contributed by atoms with Gasteiger partial charge in [0.15, 0.2) is 6.54 Å². The minimum absolute atomic E-state index is 0.0663. The van der Waals surface area contributed by atoms with Crippen LogP contribution in [0, 0.1) is 0 Å².